The maximum atomic E-state index is 13.0. The average Bonchev–Trinajstić information content (AvgIpc) is 3.14. The van der Waals surface area contributed by atoms with Crippen molar-refractivity contribution in [3.63, 3.8) is 0 Å². The second-order valence-electron chi connectivity index (χ2n) is 5.58. The molecule has 2 heterocycles. The third-order valence-electron chi connectivity index (χ3n) is 3.89. The zero-order valence-electron chi connectivity index (χ0n) is 13.0. The molecule has 1 aromatic carbocycles. The standard InChI is InChI=1S/C17H16FN3O2S/c1-11-6-7-24-15(11)9-19-20-17(23)12-8-16(22)21(10-12)14-4-2-13(18)3-5-14/h2-7,9,12H,8,10H2,1H3,(H,20,23). The Kier molecular flexibility index (Phi) is 4.71. The van der Waals surface area contributed by atoms with Gasteiger partial charge in [-0.1, -0.05) is 0 Å². The van der Waals surface area contributed by atoms with Gasteiger partial charge in [-0.15, -0.1) is 11.3 Å². The quantitative estimate of drug-likeness (QED) is 0.684. The number of amides is 2. The number of carbonyl (C=O) groups is 2. The minimum Gasteiger partial charge on any atom is -0.312 e. The zero-order valence-corrected chi connectivity index (χ0v) is 13.8. The van der Waals surface area contributed by atoms with Crippen molar-refractivity contribution >= 4 is 35.1 Å². The van der Waals surface area contributed by atoms with Gasteiger partial charge in [0.05, 0.1) is 12.1 Å². The van der Waals surface area contributed by atoms with Gasteiger partial charge in [-0.25, -0.2) is 9.82 Å². The molecule has 0 saturated carbocycles. The van der Waals surface area contributed by atoms with Crippen LogP contribution >= 0.6 is 11.3 Å². The monoisotopic (exact) mass is 345 g/mol. The van der Waals surface area contributed by atoms with Crippen LogP contribution in [-0.4, -0.2) is 24.6 Å². The summed E-state index contributed by atoms with van der Waals surface area (Å²) in [4.78, 5) is 26.7. The number of carbonyl (C=O) groups excluding carboxylic acids is 2. The van der Waals surface area contributed by atoms with Gasteiger partial charge in [0, 0.05) is 23.5 Å². The highest BCUT2D eigenvalue weighted by atomic mass is 32.1. The Morgan fingerprint density at radius 1 is 1.38 bits per heavy atom. The van der Waals surface area contributed by atoms with Gasteiger partial charge in [-0.05, 0) is 48.2 Å². The average molecular weight is 345 g/mol. The van der Waals surface area contributed by atoms with E-state index in [1.54, 1.807) is 6.21 Å². The molecule has 0 bridgehead atoms. The lowest BCUT2D eigenvalue weighted by Crippen LogP contribution is -2.30. The molecule has 1 saturated heterocycles. The summed E-state index contributed by atoms with van der Waals surface area (Å²) in [7, 11) is 0. The van der Waals surface area contributed by atoms with E-state index < -0.39 is 5.92 Å². The summed E-state index contributed by atoms with van der Waals surface area (Å²) in [5, 5.41) is 5.91. The lowest BCUT2D eigenvalue weighted by atomic mass is 10.1. The van der Waals surface area contributed by atoms with E-state index in [1.807, 2.05) is 18.4 Å². The summed E-state index contributed by atoms with van der Waals surface area (Å²) in [6.45, 7) is 2.24. The molecule has 1 fully saturated rings. The fourth-order valence-corrected chi connectivity index (χ4v) is 3.30. The molecule has 124 valence electrons. The van der Waals surface area contributed by atoms with E-state index in [0.717, 1.165) is 10.4 Å². The first-order chi connectivity index (χ1) is 11.5. The van der Waals surface area contributed by atoms with Crippen molar-refractivity contribution in [2.24, 2.45) is 11.0 Å². The molecule has 0 aliphatic carbocycles. The van der Waals surface area contributed by atoms with Crippen molar-refractivity contribution in [2.75, 3.05) is 11.4 Å². The summed E-state index contributed by atoms with van der Waals surface area (Å²) in [5.41, 5.74) is 4.18. The van der Waals surface area contributed by atoms with Crippen LogP contribution < -0.4 is 10.3 Å². The summed E-state index contributed by atoms with van der Waals surface area (Å²) in [5.74, 6) is -1.28. The lowest BCUT2D eigenvalue weighted by Gasteiger charge is -2.16. The molecule has 1 aliphatic rings. The van der Waals surface area contributed by atoms with Crippen LogP contribution in [0.4, 0.5) is 10.1 Å². The molecule has 1 atom stereocenters. The Hall–Kier alpha value is -2.54. The maximum absolute atomic E-state index is 13.0. The van der Waals surface area contributed by atoms with Crippen molar-refractivity contribution in [3.8, 4) is 0 Å². The van der Waals surface area contributed by atoms with Crippen LogP contribution in [0.1, 0.15) is 16.9 Å². The number of rotatable bonds is 4. The van der Waals surface area contributed by atoms with Crippen molar-refractivity contribution in [3.05, 3.63) is 52.0 Å². The molecule has 1 N–H and O–H groups in total. The van der Waals surface area contributed by atoms with Crippen molar-refractivity contribution in [1.29, 1.82) is 0 Å². The predicted octanol–water partition coefficient (Wildman–Crippen LogP) is 2.70. The van der Waals surface area contributed by atoms with Gasteiger partial charge in [-0.3, -0.25) is 9.59 Å². The minimum atomic E-state index is -0.468. The lowest BCUT2D eigenvalue weighted by molar-refractivity contribution is -0.126. The molecule has 0 spiro atoms. The highest BCUT2D eigenvalue weighted by Gasteiger charge is 2.35. The number of benzene rings is 1. The third-order valence-corrected chi connectivity index (χ3v) is 4.85. The molecule has 1 unspecified atom stereocenters. The SMILES string of the molecule is Cc1ccsc1C=NNC(=O)C1CC(=O)N(c2ccc(F)cc2)C1. The van der Waals surface area contributed by atoms with Crippen molar-refractivity contribution < 1.29 is 14.0 Å². The minimum absolute atomic E-state index is 0.122. The first kappa shape index (κ1) is 16.3. The molecule has 0 radical (unpaired) electrons. The summed E-state index contributed by atoms with van der Waals surface area (Å²) in [6, 6.07) is 7.63. The summed E-state index contributed by atoms with van der Waals surface area (Å²) in [6.07, 6.45) is 1.73. The van der Waals surface area contributed by atoms with Gasteiger partial charge in [0.25, 0.3) is 0 Å². The van der Waals surface area contributed by atoms with Gasteiger partial charge < -0.3 is 4.90 Å². The van der Waals surface area contributed by atoms with Crippen molar-refractivity contribution in [1.82, 2.24) is 5.43 Å². The number of hydrazone groups is 1. The van der Waals surface area contributed by atoms with Gasteiger partial charge >= 0.3 is 0 Å². The zero-order chi connectivity index (χ0) is 17.1. The van der Waals surface area contributed by atoms with Crippen molar-refractivity contribution in [2.45, 2.75) is 13.3 Å². The maximum Gasteiger partial charge on any atom is 0.245 e. The molecule has 2 aromatic rings. The number of nitrogens with zero attached hydrogens (tertiary/aromatic N) is 2. The smallest absolute Gasteiger partial charge is 0.245 e. The van der Waals surface area contributed by atoms with E-state index in [2.05, 4.69) is 10.5 Å². The molecule has 1 aromatic heterocycles. The Morgan fingerprint density at radius 2 is 2.12 bits per heavy atom. The van der Waals surface area contributed by atoms with Crippen LogP contribution in [0.5, 0.6) is 0 Å². The number of halogens is 1. The topological polar surface area (TPSA) is 61.8 Å². The molecule has 24 heavy (non-hydrogen) atoms. The second-order valence-corrected chi connectivity index (χ2v) is 6.53. The van der Waals surface area contributed by atoms with Crippen LogP contribution in [0, 0.1) is 18.7 Å². The first-order valence-corrected chi connectivity index (χ1v) is 8.35. The molecular weight excluding hydrogens is 329 g/mol. The van der Waals surface area contributed by atoms with E-state index in [4.69, 9.17) is 0 Å². The number of hydrogen-bond donors (Lipinski definition) is 1. The summed E-state index contributed by atoms with van der Waals surface area (Å²) < 4.78 is 13.0. The van der Waals surface area contributed by atoms with E-state index in [1.165, 1.54) is 40.5 Å². The predicted molar refractivity (Wildman–Crippen MR) is 91.7 cm³/mol. The summed E-state index contributed by atoms with van der Waals surface area (Å²) >= 11 is 1.54. The Bertz CT molecular complexity index is 785. The van der Waals surface area contributed by atoms with Crippen LogP contribution in [0.2, 0.25) is 0 Å². The Balaban J connectivity index is 1.60. The fourth-order valence-electron chi connectivity index (χ4n) is 2.52. The number of hydrogen-bond acceptors (Lipinski definition) is 4. The van der Waals surface area contributed by atoms with Gasteiger partial charge in [0.1, 0.15) is 5.82 Å². The van der Waals surface area contributed by atoms with Gasteiger partial charge in [-0.2, -0.15) is 5.10 Å². The largest absolute Gasteiger partial charge is 0.312 e. The number of aryl methyl sites for hydroxylation is 1. The fraction of sp³-hybridized carbons (Fsp3) is 0.235. The molecule has 2 amide bonds. The van der Waals surface area contributed by atoms with E-state index >= 15 is 0 Å². The van der Waals surface area contributed by atoms with Gasteiger partial charge in [0.2, 0.25) is 11.8 Å². The molecule has 7 heteroatoms. The normalized spacial score (nSPS) is 17.7. The van der Waals surface area contributed by atoms with Gasteiger partial charge in [0.15, 0.2) is 0 Å². The number of anilines is 1. The number of nitrogens with one attached hydrogen (secondary N) is 1. The van der Waals surface area contributed by atoms with Crippen LogP contribution in [0.3, 0.4) is 0 Å². The molecule has 1 aliphatic heterocycles. The molecule has 3 rings (SSSR count). The second kappa shape index (κ2) is 6.92. The van der Waals surface area contributed by atoms with Crippen LogP contribution in [-0.2, 0) is 9.59 Å². The highest BCUT2D eigenvalue weighted by molar-refractivity contribution is 7.11. The molecular formula is C17H16FN3O2S. The van der Waals surface area contributed by atoms with E-state index in [-0.39, 0.29) is 30.6 Å². The molecule has 5 nitrogen and oxygen atoms in total. The highest BCUT2D eigenvalue weighted by Crippen LogP contribution is 2.25. The van der Waals surface area contributed by atoms with E-state index in [0.29, 0.717) is 5.69 Å². The Labute approximate surface area is 142 Å². The Morgan fingerprint density at radius 3 is 2.79 bits per heavy atom. The number of thiophene rings is 1. The van der Waals surface area contributed by atoms with Crippen LogP contribution in [0.25, 0.3) is 0 Å². The first-order valence-electron chi connectivity index (χ1n) is 7.47. The van der Waals surface area contributed by atoms with E-state index in [9.17, 15) is 14.0 Å². The van der Waals surface area contributed by atoms with Crippen LogP contribution in [0.15, 0.2) is 40.8 Å². The third kappa shape index (κ3) is 3.51.